The molecule has 2 aromatic rings. The van der Waals surface area contributed by atoms with Crippen molar-refractivity contribution in [2.24, 2.45) is 0 Å². The first-order valence-electron chi connectivity index (χ1n) is 6.70. The highest BCUT2D eigenvalue weighted by atomic mass is 79.9. The topological polar surface area (TPSA) is 45.2 Å². The van der Waals surface area contributed by atoms with Crippen molar-refractivity contribution in [3.05, 3.63) is 64.4 Å². The fourth-order valence-corrected chi connectivity index (χ4v) is 2.43. The Labute approximate surface area is 133 Å². The molecule has 0 fully saturated rings. The maximum Gasteiger partial charge on any atom is 0.269 e. The molecule has 1 aromatic heterocycles. The van der Waals surface area contributed by atoms with E-state index in [9.17, 15) is 4.79 Å². The van der Waals surface area contributed by atoms with Crippen LogP contribution in [0, 0.1) is 0 Å². The summed E-state index contributed by atoms with van der Waals surface area (Å²) in [6.45, 7) is 0.532. The van der Waals surface area contributed by atoms with E-state index in [1.807, 2.05) is 32.3 Å². The third-order valence-corrected chi connectivity index (χ3v) is 3.65. The van der Waals surface area contributed by atoms with Crippen molar-refractivity contribution >= 4 is 21.8 Å². The minimum absolute atomic E-state index is 0.127. The van der Waals surface area contributed by atoms with E-state index in [-0.39, 0.29) is 11.9 Å². The van der Waals surface area contributed by atoms with Gasteiger partial charge in [-0.1, -0.05) is 36.4 Å². The lowest BCUT2D eigenvalue weighted by Crippen LogP contribution is -2.34. The monoisotopic (exact) mass is 347 g/mol. The molecule has 1 unspecified atom stereocenters. The molecule has 0 spiro atoms. The van der Waals surface area contributed by atoms with Crippen LogP contribution in [0.3, 0.4) is 0 Å². The van der Waals surface area contributed by atoms with Gasteiger partial charge >= 0.3 is 0 Å². The Bertz CT molecular complexity index is 601. The molecule has 21 heavy (non-hydrogen) atoms. The van der Waals surface area contributed by atoms with Gasteiger partial charge in [0.05, 0.1) is 6.04 Å². The predicted octanol–water partition coefficient (Wildman–Crippen LogP) is 2.88. The summed E-state index contributed by atoms with van der Waals surface area (Å²) in [6.07, 6.45) is 0. The van der Waals surface area contributed by atoms with Gasteiger partial charge in [0.1, 0.15) is 10.3 Å². The van der Waals surface area contributed by atoms with Gasteiger partial charge in [0.2, 0.25) is 0 Å². The van der Waals surface area contributed by atoms with E-state index in [1.165, 1.54) is 5.56 Å². The van der Waals surface area contributed by atoms with Gasteiger partial charge in [-0.2, -0.15) is 0 Å². The summed E-state index contributed by atoms with van der Waals surface area (Å²) < 4.78 is 0.655. The van der Waals surface area contributed by atoms with Gasteiger partial charge in [-0.15, -0.1) is 0 Å². The molecule has 1 heterocycles. The zero-order valence-corrected chi connectivity index (χ0v) is 13.7. The van der Waals surface area contributed by atoms with Gasteiger partial charge in [0, 0.05) is 6.54 Å². The third-order valence-electron chi connectivity index (χ3n) is 3.21. The molecule has 1 atom stereocenters. The molecule has 0 aliphatic heterocycles. The second-order valence-electron chi connectivity index (χ2n) is 4.95. The number of carbonyl (C=O) groups is 1. The zero-order chi connectivity index (χ0) is 15.2. The SMILES string of the molecule is CN(C)C(CNC(=O)c1cccc(Br)n1)c1ccccc1. The molecule has 4 nitrogen and oxygen atoms in total. The first kappa shape index (κ1) is 15.7. The molecule has 2 rings (SSSR count). The van der Waals surface area contributed by atoms with E-state index in [0.717, 1.165) is 0 Å². The zero-order valence-electron chi connectivity index (χ0n) is 12.1. The summed E-state index contributed by atoms with van der Waals surface area (Å²) in [5.41, 5.74) is 1.58. The Balaban J connectivity index is 2.04. The van der Waals surface area contributed by atoms with Crippen LogP contribution in [0.25, 0.3) is 0 Å². The van der Waals surface area contributed by atoms with Crippen LogP contribution in [0.15, 0.2) is 53.1 Å². The van der Waals surface area contributed by atoms with Gasteiger partial charge < -0.3 is 10.2 Å². The third kappa shape index (κ3) is 4.37. The summed E-state index contributed by atoms with van der Waals surface area (Å²) in [6, 6.07) is 15.5. The molecule has 1 aromatic carbocycles. The maximum absolute atomic E-state index is 12.1. The second kappa shape index (κ2) is 7.33. The summed E-state index contributed by atoms with van der Waals surface area (Å²) in [7, 11) is 4.00. The molecule has 0 radical (unpaired) electrons. The highest BCUT2D eigenvalue weighted by molar-refractivity contribution is 9.10. The molecule has 0 bridgehead atoms. The van der Waals surface area contributed by atoms with Crippen LogP contribution < -0.4 is 5.32 Å². The van der Waals surface area contributed by atoms with Crippen molar-refractivity contribution in [1.29, 1.82) is 0 Å². The van der Waals surface area contributed by atoms with E-state index < -0.39 is 0 Å². The number of benzene rings is 1. The summed E-state index contributed by atoms with van der Waals surface area (Å²) in [5, 5.41) is 2.94. The summed E-state index contributed by atoms with van der Waals surface area (Å²) in [5.74, 6) is -0.168. The van der Waals surface area contributed by atoms with Gasteiger partial charge in [0.15, 0.2) is 0 Å². The van der Waals surface area contributed by atoms with Crippen LogP contribution >= 0.6 is 15.9 Å². The van der Waals surface area contributed by atoms with Gasteiger partial charge in [-0.3, -0.25) is 4.79 Å². The number of hydrogen-bond acceptors (Lipinski definition) is 3. The second-order valence-corrected chi connectivity index (χ2v) is 5.76. The summed E-state index contributed by atoms with van der Waals surface area (Å²) >= 11 is 3.27. The Morgan fingerprint density at radius 1 is 1.19 bits per heavy atom. The summed E-state index contributed by atoms with van der Waals surface area (Å²) in [4.78, 5) is 18.4. The van der Waals surface area contributed by atoms with Crippen LogP contribution in [0.1, 0.15) is 22.1 Å². The van der Waals surface area contributed by atoms with Crippen molar-refractivity contribution < 1.29 is 4.79 Å². The maximum atomic E-state index is 12.1. The number of hydrogen-bond donors (Lipinski definition) is 1. The standard InChI is InChI=1S/C16H18BrN3O/c1-20(2)14(12-7-4-3-5-8-12)11-18-16(21)13-9-6-10-15(17)19-13/h3-10,14H,11H2,1-2H3,(H,18,21). The Kier molecular flexibility index (Phi) is 5.47. The van der Waals surface area contributed by atoms with Gasteiger partial charge in [0.25, 0.3) is 5.91 Å². The van der Waals surface area contributed by atoms with E-state index >= 15 is 0 Å². The molecule has 0 aliphatic carbocycles. The van der Waals surface area contributed by atoms with Crippen LogP contribution in [-0.4, -0.2) is 36.4 Å². The fraction of sp³-hybridized carbons (Fsp3) is 0.250. The highest BCUT2D eigenvalue weighted by Gasteiger charge is 2.16. The average molecular weight is 348 g/mol. The molecule has 1 amide bonds. The van der Waals surface area contributed by atoms with E-state index in [4.69, 9.17) is 0 Å². The van der Waals surface area contributed by atoms with E-state index in [0.29, 0.717) is 16.8 Å². The van der Waals surface area contributed by atoms with Gasteiger partial charge in [-0.25, -0.2) is 4.98 Å². The molecule has 0 aliphatic rings. The lowest BCUT2D eigenvalue weighted by atomic mass is 10.1. The van der Waals surface area contributed by atoms with Crippen molar-refractivity contribution in [2.75, 3.05) is 20.6 Å². The van der Waals surface area contributed by atoms with Crippen molar-refractivity contribution in [2.45, 2.75) is 6.04 Å². The largest absolute Gasteiger partial charge is 0.349 e. The van der Waals surface area contributed by atoms with Crippen LogP contribution in [0.5, 0.6) is 0 Å². The number of pyridine rings is 1. The van der Waals surface area contributed by atoms with Crippen molar-refractivity contribution in [3.8, 4) is 0 Å². The lowest BCUT2D eigenvalue weighted by molar-refractivity contribution is 0.0936. The molecular weight excluding hydrogens is 330 g/mol. The molecule has 0 saturated heterocycles. The van der Waals surface area contributed by atoms with Crippen LogP contribution in [-0.2, 0) is 0 Å². The number of nitrogens with one attached hydrogen (secondary N) is 1. The molecule has 5 heteroatoms. The molecule has 0 saturated carbocycles. The highest BCUT2D eigenvalue weighted by Crippen LogP contribution is 2.16. The Morgan fingerprint density at radius 3 is 2.52 bits per heavy atom. The minimum Gasteiger partial charge on any atom is -0.349 e. The fourth-order valence-electron chi connectivity index (χ4n) is 2.09. The normalized spacial score (nSPS) is 12.2. The van der Waals surface area contributed by atoms with Crippen LogP contribution in [0.2, 0.25) is 0 Å². The van der Waals surface area contributed by atoms with Crippen molar-refractivity contribution in [3.63, 3.8) is 0 Å². The lowest BCUT2D eigenvalue weighted by Gasteiger charge is -2.25. The van der Waals surface area contributed by atoms with Crippen LogP contribution in [0.4, 0.5) is 0 Å². The predicted molar refractivity (Wildman–Crippen MR) is 87.1 cm³/mol. The minimum atomic E-state index is -0.168. The first-order chi connectivity index (χ1) is 10.1. The van der Waals surface area contributed by atoms with Crippen molar-refractivity contribution in [1.82, 2.24) is 15.2 Å². The first-order valence-corrected chi connectivity index (χ1v) is 7.49. The Hall–Kier alpha value is -1.72. The number of carbonyl (C=O) groups excluding carboxylic acids is 1. The van der Waals surface area contributed by atoms with E-state index in [1.54, 1.807) is 18.2 Å². The molecular formula is C16H18BrN3O. The molecule has 1 N–H and O–H groups in total. The quantitative estimate of drug-likeness (QED) is 0.846. The van der Waals surface area contributed by atoms with E-state index in [2.05, 4.69) is 43.3 Å². The number of amides is 1. The number of likely N-dealkylation sites (N-methyl/N-ethyl adjacent to an activating group) is 1. The average Bonchev–Trinajstić information content (AvgIpc) is 2.48. The Morgan fingerprint density at radius 2 is 1.90 bits per heavy atom. The number of aromatic nitrogens is 1. The number of halogens is 1. The number of rotatable bonds is 5. The molecule has 110 valence electrons. The van der Waals surface area contributed by atoms with Gasteiger partial charge in [-0.05, 0) is 47.7 Å². The smallest absolute Gasteiger partial charge is 0.269 e. The number of nitrogens with zero attached hydrogens (tertiary/aromatic N) is 2.